The predicted octanol–water partition coefficient (Wildman–Crippen LogP) is 5.55. The SMILES string of the molecule is O=[N+]([O-])c1ccc(-n2cc(C=NNc3cccc(Cl)c3)c(-c3ccccc3)n2)cc1. The summed E-state index contributed by atoms with van der Waals surface area (Å²) in [6.45, 7) is 0. The van der Waals surface area contributed by atoms with Crippen LogP contribution in [0.5, 0.6) is 0 Å². The van der Waals surface area contributed by atoms with Gasteiger partial charge in [0.15, 0.2) is 0 Å². The number of hydrogen-bond donors (Lipinski definition) is 1. The molecule has 0 bridgehead atoms. The zero-order chi connectivity index (χ0) is 20.9. The van der Waals surface area contributed by atoms with Crippen LogP contribution in [0.3, 0.4) is 0 Å². The summed E-state index contributed by atoms with van der Waals surface area (Å²) in [5, 5.41) is 20.5. The Bertz CT molecular complexity index is 1200. The molecule has 0 radical (unpaired) electrons. The molecule has 1 aromatic heterocycles. The predicted molar refractivity (Wildman–Crippen MR) is 118 cm³/mol. The maximum absolute atomic E-state index is 10.9. The number of halogens is 1. The van der Waals surface area contributed by atoms with Crippen LogP contribution in [0.1, 0.15) is 5.56 Å². The van der Waals surface area contributed by atoms with E-state index in [1.165, 1.54) is 12.1 Å². The summed E-state index contributed by atoms with van der Waals surface area (Å²) in [4.78, 5) is 10.5. The lowest BCUT2D eigenvalue weighted by Crippen LogP contribution is -1.95. The molecule has 3 aromatic carbocycles. The van der Waals surface area contributed by atoms with Crippen molar-refractivity contribution in [1.29, 1.82) is 0 Å². The zero-order valence-electron chi connectivity index (χ0n) is 15.6. The molecule has 0 unspecified atom stereocenters. The Labute approximate surface area is 177 Å². The first-order valence-electron chi connectivity index (χ1n) is 9.05. The number of hydrazone groups is 1. The third-order valence-corrected chi connectivity index (χ3v) is 4.57. The van der Waals surface area contributed by atoms with Crippen LogP contribution >= 0.6 is 11.6 Å². The van der Waals surface area contributed by atoms with Crippen molar-refractivity contribution >= 4 is 29.2 Å². The molecule has 4 rings (SSSR count). The molecule has 8 heteroatoms. The third kappa shape index (κ3) is 4.37. The fourth-order valence-corrected chi connectivity index (χ4v) is 3.09. The number of rotatable bonds is 6. The molecule has 0 aliphatic rings. The standard InChI is InChI=1S/C22H16ClN5O2/c23-18-7-4-8-19(13-18)25-24-14-17-15-27(20-9-11-21(12-10-20)28(29)30)26-22(17)16-5-2-1-3-6-16/h1-15,25H. The first-order valence-corrected chi connectivity index (χ1v) is 9.42. The van der Waals surface area contributed by atoms with Gasteiger partial charge in [0.05, 0.1) is 22.5 Å². The molecule has 0 aliphatic carbocycles. The van der Waals surface area contributed by atoms with Crippen molar-refractivity contribution in [2.24, 2.45) is 5.10 Å². The van der Waals surface area contributed by atoms with E-state index in [2.05, 4.69) is 15.6 Å². The number of nitro groups is 1. The van der Waals surface area contributed by atoms with E-state index in [0.717, 1.165) is 22.5 Å². The quantitative estimate of drug-likeness (QED) is 0.253. The number of anilines is 1. The summed E-state index contributed by atoms with van der Waals surface area (Å²) < 4.78 is 1.67. The van der Waals surface area contributed by atoms with E-state index in [4.69, 9.17) is 11.6 Å². The number of benzene rings is 3. The monoisotopic (exact) mass is 417 g/mol. The van der Waals surface area contributed by atoms with Crippen molar-refractivity contribution in [3.63, 3.8) is 0 Å². The average molecular weight is 418 g/mol. The van der Waals surface area contributed by atoms with E-state index < -0.39 is 4.92 Å². The fraction of sp³-hybridized carbons (Fsp3) is 0. The largest absolute Gasteiger partial charge is 0.278 e. The van der Waals surface area contributed by atoms with Crippen molar-refractivity contribution < 1.29 is 4.92 Å². The molecule has 4 aromatic rings. The Balaban J connectivity index is 1.67. The lowest BCUT2D eigenvalue weighted by molar-refractivity contribution is -0.384. The molecular formula is C22H16ClN5O2. The van der Waals surface area contributed by atoms with Gasteiger partial charge in [-0.1, -0.05) is 48.0 Å². The van der Waals surface area contributed by atoms with E-state index in [-0.39, 0.29) is 5.69 Å². The van der Waals surface area contributed by atoms with Crippen molar-refractivity contribution in [3.05, 3.63) is 106 Å². The summed E-state index contributed by atoms with van der Waals surface area (Å²) in [5.74, 6) is 0. The van der Waals surface area contributed by atoms with E-state index in [1.807, 2.05) is 48.7 Å². The number of nitrogens with zero attached hydrogens (tertiary/aromatic N) is 4. The van der Waals surface area contributed by atoms with E-state index in [0.29, 0.717) is 10.7 Å². The van der Waals surface area contributed by atoms with Crippen molar-refractivity contribution in [2.45, 2.75) is 0 Å². The smallest absolute Gasteiger partial charge is 0.269 e. The van der Waals surface area contributed by atoms with Gasteiger partial charge >= 0.3 is 0 Å². The molecule has 30 heavy (non-hydrogen) atoms. The van der Waals surface area contributed by atoms with Gasteiger partial charge in [-0.2, -0.15) is 10.2 Å². The van der Waals surface area contributed by atoms with Gasteiger partial charge in [-0.05, 0) is 30.3 Å². The van der Waals surface area contributed by atoms with Crippen LogP contribution in [0.4, 0.5) is 11.4 Å². The van der Waals surface area contributed by atoms with Crippen LogP contribution in [0.15, 0.2) is 90.2 Å². The number of hydrogen-bond acceptors (Lipinski definition) is 5. The number of non-ortho nitro benzene ring substituents is 1. The molecule has 0 amide bonds. The molecule has 1 heterocycles. The highest BCUT2D eigenvalue weighted by atomic mass is 35.5. The Morgan fingerprint density at radius 2 is 1.80 bits per heavy atom. The van der Waals surface area contributed by atoms with Gasteiger partial charge in [0, 0.05) is 34.5 Å². The first kappa shape index (κ1) is 19.4. The van der Waals surface area contributed by atoms with Crippen LogP contribution < -0.4 is 5.43 Å². The minimum Gasteiger partial charge on any atom is -0.278 e. The Morgan fingerprint density at radius 1 is 1.03 bits per heavy atom. The highest BCUT2D eigenvalue weighted by Crippen LogP contribution is 2.23. The molecular weight excluding hydrogens is 402 g/mol. The normalized spacial score (nSPS) is 11.0. The van der Waals surface area contributed by atoms with Gasteiger partial charge < -0.3 is 0 Å². The topological polar surface area (TPSA) is 85.3 Å². The highest BCUT2D eigenvalue weighted by Gasteiger charge is 2.12. The van der Waals surface area contributed by atoms with Crippen LogP contribution in [-0.2, 0) is 0 Å². The highest BCUT2D eigenvalue weighted by molar-refractivity contribution is 6.30. The molecule has 0 saturated carbocycles. The molecule has 0 aliphatic heterocycles. The molecule has 1 N–H and O–H groups in total. The maximum atomic E-state index is 10.9. The molecule has 7 nitrogen and oxygen atoms in total. The van der Waals surface area contributed by atoms with E-state index in [9.17, 15) is 10.1 Å². The Hall–Kier alpha value is -3.97. The third-order valence-electron chi connectivity index (χ3n) is 4.34. The van der Waals surface area contributed by atoms with Crippen LogP contribution in [0.25, 0.3) is 16.9 Å². The molecule has 0 fully saturated rings. The van der Waals surface area contributed by atoms with Gasteiger partial charge in [-0.3, -0.25) is 15.5 Å². The summed E-state index contributed by atoms with van der Waals surface area (Å²) in [7, 11) is 0. The van der Waals surface area contributed by atoms with Gasteiger partial charge in [-0.15, -0.1) is 0 Å². The number of nitrogens with one attached hydrogen (secondary N) is 1. The Morgan fingerprint density at radius 3 is 2.50 bits per heavy atom. The minimum atomic E-state index is -0.429. The van der Waals surface area contributed by atoms with Crippen molar-refractivity contribution in [3.8, 4) is 16.9 Å². The van der Waals surface area contributed by atoms with Crippen LogP contribution in [0, 0.1) is 10.1 Å². The second kappa shape index (κ2) is 8.59. The van der Waals surface area contributed by atoms with Gasteiger partial charge in [-0.25, -0.2) is 4.68 Å². The van der Waals surface area contributed by atoms with Gasteiger partial charge in [0.1, 0.15) is 5.69 Å². The summed E-state index contributed by atoms with van der Waals surface area (Å²) in [6.07, 6.45) is 3.50. The maximum Gasteiger partial charge on any atom is 0.269 e. The Kier molecular flexibility index (Phi) is 5.54. The lowest BCUT2D eigenvalue weighted by atomic mass is 10.1. The number of nitro benzene ring substituents is 1. The molecule has 0 spiro atoms. The first-order chi connectivity index (χ1) is 14.6. The van der Waals surface area contributed by atoms with Gasteiger partial charge in [0.2, 0.25) is 0 Å². The summed E-state index contributed by atoms with van der Waals surface area (Å²) in [6, 6.07) is 23.2. The van der Waals surface area contributed by atoms with Crippen LogP contribution in [0.2, 0.25) is 5.02 Å². The second-order valence-electron chi connectivity index (χ2n) is 6.40. The lowest BCUT2D eigenvalue weighted by Gasteiger charge is -2.01. The minimum absolute atomic E-state index is 0.0293. The molecule has 148 valence electrons. The molecule has 0 saturated heterocycles. The van der Waals surface area contributed by atoms with Crippen molar-refractivity contribution in [1.82, 2.24) is 9.78 Å². The summed E-state index contributed by atoms with van der Waals surface area (Å²) in [5.41, 5.74) is 6.92. The zero-order valence-corrected chi connectivity index (χ0v) is 16.4. The second-order valence-corrected chi connectivity index (χ2v) is 6.83. The van der Waals surface area contributed by atoms with Crippen molar-refractivity contribution in [2.75, 3.05) is 5.43 Å². The summed E-state index contributed by atoms with van der Waals surface area (Å²) >= 11 is 6.00. The van der Waals surface area contributed by atoms with E-state index >= 15 is 0 Å². The fourth-order valence-electron chi connectivity index (χ4n) is 2.90. The number of aromatic nitrogens is 2. The molecule has 0 atom stereocenters. The van der Waals surface area contributed by atoms with Gasteiger partial charge in [0.25, 0.3) is 5.69 Å². The van der Waals surface area contributed by atoms with Crippen LogP contribution in [-0.4, -0.2) is 20.9 Å². The average Bonchev–Trinajstić information content (AvgIpc) is 3.19. The van der Waals surface area contributed by atoms with E-state index in [1.54, 1.807) is 35.2 Å².